The number of benzene rings is 1. The van der Waals surface area contributed by atoms with Crippen LogP contribution in [0.25, 0.3) is 0 Å². The van der Waals surface area contributed by atoms with E-state index in [9.17, 15) is 18.2 Å². The second-order valence-corrected chi connectivity index (χ2v) is 9.42. The zero-order valence-electron chi connectivity index (χ0n) is 16.2. The van der Waals surface area contributed by atoms with E-state index in [0.29, 0.717) is 18.4 Å². The van der Waals surface area contributed by atoms with Crippen LogP contribution in [0.15, 0.2) is 27.5 Å². The van der Waals surface area contributed by atoms with E-state index in [0.717, 1.165) is 6.07 Å². The molecular formula is C18H25FN2O5S. The Morgan fingerprint density at radius 1 is 1.33 bits per heavy atom. The summed E-state index contributed by atoms with van der Waals surface area (Å²) < 4.78 is 43.1. The Hall–Kier alpha value is -2.00. The Morgan fingerprint density at radius 2 is 2.00 bits per heavy atom. The number of rotatable bonds is 3. The Kier molecular flexibility index (Phi) is 6.26. The fourth-order valence-electron chi connectivity index (χ4n) is 2.77. The number of carbonyl (C=O) groups is 2. The van der Waals surface area contributed by atoms with E-state index >= 15 is 0 Å². The molecule has 150 valence electrons. The number of ether oxygens (including phenoxy) is 2. The zero-order valence-corrected chi connectivity index (χ0v) is 17.0. The quantitative estimate of drug-likeness (QED) is 0.726. The fourth-order valence-corrected chi connectivity index (χ4v) is 4.90. The Balaban J connectivity index is 2.61. The molecule has 9 heteroatoms. The number of halogens is 1. The van der Waals surface area contributed by atoms with Crippen LogP contribution in [0.1, 0.15) is 39.2 Å². The third-order valence-electron chi connectivity index (χ3n) is 4.04. The molecule has 0 aliphatic carbocycles. The maximum Gasteiger partial charge on any atom is 0.443 e. The van der Waals surface area contributed by atoms with Crippen LogP contribution in [-0.2, 0) is 24.2 Å². The number of hydrogen-bond donors (Lipinski definition) is 0. The van der Waals surface area contributed by atoms with E-state index in [-0.39, 0.29) is 11.4 Å². The van der Waals surface area contributed by atoms with Gasteiger partial charge in [-0.15, -0.1) is 4.36 Å². The van der Waals surface area contributed by atoms with Gasteiger partial charge in [-0.3, -0.25) is 4.79 Å². The topological polar surface area (TPSA) is 85.3 Å². The lowest BCUT2D eigenvalue weighted by atomic mass is 10.2. The average molecular weight is 400 g/mol. The summed E-state index contributed by atoms with van der Waals surface area (Å²) in [5.74, 6) is -1.15. The van der Waals surface area contributed by atoms with Gasteiger partial charge in [0.1, 0.15) is 17.5 Å². The molecule has 1 aliphatic rings. The number of hydrogen-bond acceptors (Lipinski definition) is 5. The van der Waals surface area contributed by atoms with Crippen molar-refractivity contribution in [1.29, 1.82) is 0 Å². The van der Waals surface area contributed by atoms with E-state index in [2.05, 4.69) is 4.36 Å². The summed E-state index contributed by atoms with van der Waals surface area (Å²) in [6.07, 6.45) is -0.0689. The van der Waals surface area contributed by atoms with Gasteiger partial charge in [-0.2, -0.15) is 4.31 Å². The highest BCUT2D eigenvalue weighted by molar-refractivity contribution is 7.91. The van der Waals surface area contributed by atoms with Crippen molar-refractivity contribution in [3.63, 3.8) is 0 Å². The number of nitrogens with zero attached hydrogens (tertiary/aromatic N) is 2. The summed E-state index contributed by atoms with van der Waals surface area (Å²) >= 11 is 0. The molecule has 1 aromatic carbocycles. The van der Waals surface area contributed by atoms with Crippen LogP contribution < -0.4 is 0 Å². The molecule has 1 aliphatic heterocycles. The van der Waals surface area contributed by atoms with Crippen molar-refractivity contribution in [2.75, 3.05) is 13.7 Å². The average Bonchev–Trinajstić information content (AvgIpc) is 3.05. The number of aryl methyl sites for hydroxylation is 1. The van der Waals surface area contributed by atoms with Crippen LogP contribution in [0.5, 0.6) is 0 Å². The monoisotopic (exact) mass is 400 g/mol. The normalized spacial score (nSPS) is 20.0. The summed E-state index contributed by atoms with van der Waals surface area (Å²) in [5.41, 5.74) is -0.477. The van der Waals surface area contributed by atoms with Crippen molar-refractivity contribution in [1.82, 2.24) is 4.31 Å². The zero-order chi connectivity index (χ0) is 20.4. The third kappa shape index (κ3) is 4.84. The molecular weight excluding hydrogens is 375 g/mol. The molecule has 0 N–H and O–H groups in total. The Bertz CT molecular complexity index is 856. The maximum absolute atomic E-state index is 14.1. The molecule has 0 radical (unpaired) electrons. The molecule has 1 amide bonds. The number of carbonyl (C=O) groups excluding carboxylic acids is 2. The van der Waals surface area contributed by atoms with Gasteiger partial charge >= 0.3 is 12.1 Å². The molecule has 2 rings (SSSR count). The molecule has 0 saturated carbocycles. The van der Waals surface area contributed by atoms with Gasteiger partial charge in [-0.05, 0) is 58.2 Å². The molecule has 0 unspecified atom stereocenters. The van der Waals surface area contributed by atoms with E-state index < -0.39 is 39.4 Å². The highest BCUT2D eigenvalue weighted by Crippen LogP contribution is 2.30. The van der Waals surface area contributed by atoms with Gasteiger partial charge in [0.05, 0.1) is 12.0 Å². The highest BCUT2D eigenvalue weighted by Gasteiger charge is 2.40. The van der Waals surface area contributed by atoms with E-state index in [1.807, 2.05) is 0 Å². The summed E-state index contributed by atoms with van der Waals surface area (Å²) in [4.78, 5) is 24.4. The SMILES string of the molecule is COC(=O)[C@@H]1CCCN1[S@@](=O)(=NC(=O)OC(C)(C)C)c1ccc(C)c(F)c1. The molecule has 1 fully saturated rings. The Labute approximate surface area is 159 Å². The van der Waals surface area contributed by atoms with Crippen molar-refractivity contribution >= 4 is 22.0 Å². The van der Waals surface area contributed by atoms with Crippen LogP contribution in [0.4, 0.5) is 9.18 Å². The number of methoxy groups -OCH3 is 1. The van der Waals surface area contributed by atoms with E-state index in [4.69, 9.17) is 9.47 Å². The van der Waals surface area contributed by atoms with Crippen molar-refractivity contribution < 1.29 is 27.7 Å². The predicted octanol–water partition coefficient (Wildman–Crippen LogP) is 3.45. The molecule has 0 bridgehead atoms. The highest BCUT2D eigenvalue weighted by atomic mass is 32.2. The lowest BCUT2D eigenvalue weighted by Gasteiger charge is -2.26. The minimum Gasteiger partial charge on any atom is -0.468 e. The largest absolute Gasteiger partial charge is 0.468 e. The summed E-state index contributed by atoms with van der Waals surface area (Å²) in [6, 6.07) is 3.15. The van der Waals surface area contributed by atoms with Gasteiger partial charge in [-0.1, -0.05) is 6.07 Å². The number of amides is 1. The smallest absolute Gasteiger partial charge is 0.443 e. The molecule has 0 aromatic heterocycles. The first kappa shape index (κ1) is 21.3. The van der Waals surface area contributed by atoms with Gasteiger partial charge < -0.3 is 9.47 Å². The minimum atomic E-state index is -3.62. The van der Waals surface area contributed by atoms with E-state index in [1.165, 1.54) is 23.5 Å². The summed E-state index contributed by atoms with van der Waals surface area (Å²) in [7, 11) is -2.39. The predicted molar refractivity (Wildman–Crippen MR) is 98.0 cm³/mol. The van der Waals surface area contributed by atoms with Crippen molar-refractivity contribution in [2.45, 2.75) is 57.1 Å². The van der Waals surface area contributed by atoms with Crippen LogP contribution in [-0.4, -0.2) is 45.9 Å². The second-order valence-electron chi connectivity index (χ2n) is 7.30. The van der Waals surface area contributed by atoms with E-state index in [1.54, 1.807) is 27.7 Å². The van der Waals surface area contributed by atoms with Gasteiger partial charge in [0, 0.05) is 6.54 Å². The minimum absolute atomic E-state index is 0.00672. The van der Waals surface area contributed by atoms with Crippen LogP contribution in [0.2, 0.25) is 0 Å². The molecule has 2 atom stereocenters. The first-order valence-electron chi connectivity index (χ1n) is 8.59. The first-order chi connectivity index (χ1) is 12.5. The summed E-state index contributed by atoms with van der Waals surface area (Å²) in [6.45, 7) is 6.78. The molecule has 1 saturated heterocycles. The second kappa shape index (κ2) is 7.93. The maximum atomic E-state index is 14.1. The Morgan fingerprint density at radius 3 is 2.56 bits per heavy atom. The molecule has 7 nitrogen and oxygen atoms in total. The number of esters is 1. The molecule has 1 aromatic rings. The van der Waals surface area contributed by atoms with Crippen LogP contribution >= 0.6 is 0 Å². The van der Waals surface area contributed by atoms with Gasteiger partial charge in [0.15, 0.2) is 9.92 Å². The standard InChI is InChI=1S/C18H25FN2O5S/c1-12-8-9-13(11-14(12)19)27(24,20-17(23)26-18(2,3)4)21-10-6-7-15(21)16(22)25-5/h8-9,11,15H,6-7,10H2,1-5H3/t15-,27-/m0/s1. The molecule has 27 heavy (non-hydrogen) atoms. The van der Waals surface area contributed by atoms with Gasteiger partial charge in [0.2, 0.25) is 0 Å². The lowest BCUT2D eigenvalue weighted by Crippen LogP contribution is -2.41. The van der Waals surface area contributed by atoms with Crippen LogP contribution in [0, 0.1) is 12.7 Å². The molecule has 0 spiro atoms. The van der Waals surface area contributed by atoms with Crippen molar-refractivity contribution in [2.24, 2.45) is 4.36 Å². The summed E-state index contributed by atoms with van der Waals surface area (Å²) in [5, 5.41) is 0. The fraction of sp³-hybridized carbons (Fsp3) is 0.556. The van der Waals surface area contributed by atoms with Crippen molar-refractivity contribution in [3.8, 4) is 0 Å². The van der Waals surface area contributed by atoms with Crippen molar-refractivity contribution in [3.05, 3.63) is 29.6 Å². The van der Waals surface area contributed by atoms with Gasteiger partial charge in [0.25, 0.3) is 0 Å². The van der Waals surface area contributed by atoms with Gasteiger partial charge in [-0.25, -0.2) is 13.4 Å². The first-order valence-corrected chi connectivity index (χ1v) is 10.1. The molecule has 1 heterocycles. The van der Waals surface area contributed by atoms with Crippen LogP contribution in [0.3, 0.4) is 0 Å². The lowest BCUT2D eigenvalue weighted by molar-refractivity contribution is -0.144. The third-order valence-corrected chi connectivity index (χ3v) is 6.37.